The standard InChI is InChI=1S/C27H22ClF5N6O3S/c28-19-9-15(29)4-3-14(19)13-43(40,41)39-25-20(31)10-22(23(32)24(25)33)42-26-18(2-1-6-35-26)21-5-7-36-27(38-21)37-17-8-16(30)11-34-12-17/h1-7,9-10,16-17,34,39H,8,11-13H2,(H,36,37,38)/t16-,17?/m0/s1. The van der Waals surface area contributed by atoms with Crippen LogP contribution in [0.5, 0.6) is 11.6 Å². The summed E-state index contributed by atoms with van der Waals surface area (Å²) in [5.41, 5.74) is -0.876. The van der Waals surface area contributed by atoms with Gasteiger partial charge in [0.1, 0.15) is 17.7 Å². The maximum absolute atomic E-state index is 15.1. The van der Waals surface area contributed by atoms with E-state index in [1.165, 1.54) is 30.6 Å². The molecule has 3 N–H and O–H groups in total. The first-order valence-electron chi connectivity index (χ1n) is 12.7. The van der Waals surface area contributed by atoms with Crippen molar-refractivity contribution in [3.8, 4) is 22.9 Å². The Morgan fingerprint density at radius 2 is 1.84 bits per heavy atom. The second-order valence-electron chi connectivity index (χ2n) is 9.51. The average molecular weight is 641 g/mol. The quantitative estimate of drug-likeness (QED) is 0.160. The number of piperidine rings is 1. The Morgan fingerprint density at radius 3 is 2.60 bits per heavy atom. The topological polar surface area (TPSA) is 118 Å². The number of benzene rings is 2. The van der Waals surface area contributed by atoms with E-state index in [-0.39, 0.29) is 52.7 Å². The number of alkyl halides is 1. The number of rotatable bonds is 9. The molecule has 2 aromatic carbocycles. The van der Waals surface area contributed by atoms with Crippen molar-refractivity contribution >= 4 is 33.3 Å². The average Bonchev–Trinajstić information content (AvgIpc) is 2.96. The van der Waals surface area contributed by atoms with E-state index < -0.39 is 56.7 Å². The van der Waals surface area contributed by atoms with Gasteiger partial charge in [-0.25, -0.2) is 40.9 Å². The molecule has 0 aliphatic carbocycles. The van der Waals surface area contributed by atoms with Gasteiger partial charge in [0, 0.05) is 49.0 Å². The van der Waals surface area contributed by atoms with Gasteiger partial charge in [0.15, 0.2) is 17.4 Å². The van der Waals surface area contributed by atoms with Gasteiger partial charge in [-0.15, -0.1) is 0 Å². The zero-order valence-corrected chi connectivity index (χ0v) is 23.5. The Labute approximate surface area is 247 Å². The first kappa shape index (κ1) is 30.4. The summed E-state index contributed by atoms with van der Waals surface area (Å²) < 4.78 is 104. The SMILES string of the molecule is O=S(=O)(Cc1ccc(F)cc1Cl)Nc1c(F)cc(Oc2ncccc2-c2ccnc(NC3CNC[C@@H](F)C3)n2)c(F)c1F. The molecule has 1 unspecified atom stereocenters. The number of anilines is 2. The van der Waals surface area contributed by atoms with Crippen molar-refractivity contribution in [1.82, 2.24) is 20.3 Å². The van der Waals surface area contributed by atoms with Gasteiger partial charge >= 0.3 is 0 Å². The Bertz CT molecular complexity index is 1770. The highest BCUT2D eigenvalue weighted by Gasteiger charge is 2.26. The van der Waals surface area contributed by atoms with Gasteiger partial charge in [0.25, 0.3) is 0 Å². The first-order chi connectivity index (χ1) is 20.5. The highest BCUT2D eigenvalue weighted by Crippen LogP contribution is 2.36. The van der Waals surface area contributed by atoms with E-state index in [1.54, 1.807) is 4.72 Å². The van der Waals surface area contributed by atoms with Crippen LogP contribution in [0.3, 0.4) is 0 Å². The van der Waals surface area contributed by atoms with Crippen molar-refractivity contribution in [2.24, 2.45) is 0 Å². The molecule has 0 saturated carbocycles. The highest BCUT2D eigenvalue weighted by atomic mass is 35.5. The molecular formula is C27H22ClF5N6O3S. The fourth-order valence-electron chi connectivity index (χ4n) is 4.31. The van der Waals surface area contributed by atoms with Crippen LogP contribution in [0.2, 0.25) is 5.02 Å². The summed E-state index contributed by atoms with van der Waals surface area (Å²) in [5, 5.41) is 5.77. The number of pyridine rings is 1. The summed E-state index contributed by atoms with van der Waals surface area (Å²) in [6, 6.07) is 7.65. The lowest BCUT2D eigenvalue weighted by Gasteiger charge is -2.26. The lowest BCUT2D eigenvalue weighted by molar-refractivity contribution is 0.254. The predicted octanol–water partition coefficient (Wildman–Crippen LogP) is 5.59. The van der Waals surface area contributed by atoms with Gasteiger partial charge in [0.05, 0.1) is 17.0 Å². The second-order valence-corrected chi connectivity index (χ2v) is 11.6. The predicted molar refractivity (Wildman–Crippen MR) is 149 cm³/mol. The molecule has 16 heteroatoms. The van der Waals surface area contributed by atoms with Gasteiger partial charge in [-0.1, -0.05) is 17.7 Å². The zero-order valence-electron chi connectivity index (χ0n) is 21.9. The monoisotopic (exact) mass is 640 g/mol. The number of aromatic nitrogens is 3. The highest BCUT2D eigenvalue weighted by molar-refractivity contribution is 7.91. The molecule has 3 heterocycles. The summed E-state index contributed by atoms with van der Waals surface area (Å²) in [6.45, 7) is 0.753. The minimum Gasteiger partial charge on any atom is -0.435 e. The summed E-state index contributed by atoms with van der Waals surface area (Å²) in [5.74, 6) is -7.66. The van der Waals surface area contributed by atoms with Crippen LogP contribution in [0.15, 0.2) is 54.9 Å². The van der Waals surface area contributed by atoms with E-state index in [9.17, 15) is 26.0 Å². The van der Waals surface area contributed by atoms with Crippen molar-refractivity contribution in [2.75, 3.05) is 23.1 Å². The van der Waals surface area contributed by atoms with Gasteiger partial charge in [-0.3, -0.25) is 4.72 Å². The molecule has 1 saturated heterocycles. The molecule has 9 nitrogen and oxygen atoms in total. The molecule has 5 rings (SSSR count). The Hall–Kier alpha value is -4.08. The fourth-order valence-corrected chi connectivity index (χ4v) is 5.85. The minimum absolute atomic E-state index is 0.0513. The van der Waals surface area contributed by atoms with Gasteiger partial charge < -0.3 is 15.4 Å². The Kier molecular flexibility index (Phi) is 8.94. The van der Waals surface area contributed by atoms with Gasteiger partial charge in [-0.2, -0.15) is 4.39 Å². The molecule has 1 fully saturated rings. The van der Waals surface area contributed by atoms with E-state index in [4.69, 9.17) is 16.3 Å². The second kappa shape index (κ2) is 12.7. The van der Waals surface area contributed by atoms with E-state index >= 15 is 4.39 Å². The third kappa shape index (κ3) is 7.29. The fraction of sp³-hybridized carbons (Fsp3) is 0.222. The van der Waals surface area contributed by atoms with Crippen LogP contribution >= 0.6 is 11.6 Å². The largest absolute Gasteiger partial charge is 0.435 e. The van der Waals surface area contributed by atoms with Crippen molar-refractivity contribution in [1.29, 1.82) is 0 Å². The lowest BCUT2D eigenvalue weighted by Crippen LogP contribution is -2.44. The minimum atomic E-state index is -4.52. The summed E-state index contributed by atoms with van der Waals surface area (Å²) >= 11 is 5.85. The van der Waals surface area contributed by atoms with Gasteiger partial charge in [0.2, 0.25) is 27.7 Å². The van der Waals surface area contributed by atoms with Crippen LogP contribution in [0.4, 0.5) is 33.6 Å². The summed E-state index contributed by atoms with van der Waals surface area (Å²) in [4.78, 5) is 12.5. The normalized spacial score (nSPS) is 17.0. The third-order valence-electron chi connectivity index (χ3n) is 6.28. The van der Waals surface area contributed by atoms with Crippen LogP contribution in [0.25, 0.3) is 11.3 Å². The van der Waals surface area contributed by atoms with E-state index in [1.807, 2.05) is 0 Å². The van der Waals surface area contributed by atoms with E-state index in [0.717, 1.165) is 18.2 Å². The number of halogens is 6. The first-order valence-corrected chi connectivity index (χ1v) is 14.7. The Morgan fingerprint density at radius 1 is 1.02 bits per heavy atom. The number of hydrogen-bond donors (Lipinski definition) is 3. The van der Waals surface area contributed by atoms with E-state index in [0.29, 0.717) is 12.6 Å². The Balaban J connectivity index is 1.38. The van der Waals surface area contributed by atoms with Crippen LogP contribution in [0.1, 0.15) is 12.0 Å². The van der Waals surface area contributed by atoms with Gasteiger partial charge in [-0.05, 0) is 35.9 Å². The molecule has 0 spiro atoms. The molecule has 0 bridgehead atoms. The van der Waals surface area contributed by atoms with Crippen LogP contribution < -0.4 is 20.1 Å². The third-order valence-corrected chi connectivity index (χ3v) is 7.84. The molecule has 1 aliphatic heterocycles. The molecule has 0 amide bonds. The lowest BCUT2D eigenvalue weighted by atomic mass is 10.1. The molecule has 43 heavy (non-hydrogen) atoms. The molecular weight excluding hydrogens is 619 g/mol. The van der Waals surface area contributed by atoms with Crippen LogP contribution in [-0.4, -0.2) is 48.7 Å². The van der Waals surface area contributed by atoms with E-state index in [2.05, 4.69) is 25.6 Å². The smallest absolute Gasteiger partial charge is 0.237 e. The number of nitrogens with zero attached hydrogens (tertiary/aromatic N) is 3. The molecule has 2 aromatic heterocycles. The molecule has 1 aliphatic rings. The maximum atomic E-state index is 15.1. The summed E-state index contributed by atoms with van der Waals surface area (Å²) in [6.07, 6.45) is 1.94. The molecule has 4 aromatic rings. The maximum Gasteiger partial charge on any atom is 0.237 e. The zero-order chi connectivity index (χ0) is 30.7. The number of ether oxygens (including phenoxy) is 1. The summed E-state index contributed by atoms with van der Waals surface area (Å²) in [7, 11) is -4.52. The molecule has 2 atom stereocenters. The van der Waals surface area contributed by atoms with Crippen molar-refractivity contribution in [3.05, 3.63) is 88.7 Å². The van der Waals surface area contributed by atoms with Crippen LogP contribution in [0, 0.1) is 23.3 Å². The molecule has 0 radical (unpaired) electrons. The number of sulfonamides is 1. The van der Waals surface area contributed by atoms with Crippen molar-refractivity contribution in [2.45, 2.75) is 24.4 Å². The number of nitrogens with one attached hydrogen (secondary N) is 3. The van der Waals surface area contributed by atoms with Crippen LogP contribution in [-0.2, 0) is 15.8 Å². The van der Waals surface area contributed by atoms with Crippen molar-refractivity contribution < 1.29 is 35.1 Å². The van der Waals surface area contributed by atoms with Crippen molar-refractivity contribution in [3.63, 3.8) is 0 Å². The number of hydrogen-bond acceptors (Lipinski definition) is 8. The molecule has 226 valence electrons.